The van der Waals surface area contributed by atoms with Crippen molar-refractivity contribution in [3.8, 4) is 11.5 Å². The average Bonchev–Trinajstić information content (AvgIpc) is 2.87. The van der Waals surface area contributed by atoms with Crippen LogP contribution in [-0.2, 0) is 4.79 Å². The number of carbonyl (C=O) groups is 1. The highest BCUT2D eigenvalue weighted by Crippen LogP contribution is 2.42. The average molecular weight is 479 g/mol. The maximum atomic E-state index is 14.6. The van der Waals surface area contributed by atoms with Crippen LogP contribution in [0.2, 0.25) is 0 Å². The number of aromatic hydroxyl groups is 2. The zero-order valence-electron chi connectivity index (χ0n) is 21.3. The SMILES string of the molecule is CC(C)c1ccc(C(C(=O)C(c2ccccc2)c2ccc(C(C)C)cc2O)c2ccccc2)c(O)c1. The van der Waals surface area contributed by atoms with Crippen molar-refractivity contribution >= 4 is 5.78 Å². The number of rotatable bonds is 8. The van der Waals surface area contributed by atoms with Gasteiger partial charge in [0.25, 0.3) is 0 Å². The van der Waals surface area contributed by atoms with Gasteiger partial charge in [-0.3, -0.25) is 4.79 Å². The van der Waals surface area contributed by atoms with Crippen molar-refractivity contribution < 1.29 is 15.0 Å². The predicted octanol–water partition coefficient (Wildman–Crippen LogP) is 7.88. The monoisotopic (exact) mass is 478 g/mol. The van der Waals surface area contributed by atoms with E-state index in [0.29, 0.717) is 11.1 Å². The quantitative estimate of drug-likeness (QED) is 0.271. The van der Waals surface area contributed by atoms with Gasteiger partial charge in [-0.15, -0.1) is 0 Å². The summed E-state index contributed by atoms with van der Waals surface area (Å²) in [7, 11) is 0. The molecular weight excluding hydrogens is 444 g/mol. The summed E-state index contributed by atoms with van der Waals surface area (Å²) in [6.45, 7) is 8.29. The normalized spacial score (nSPS) is 13.1. The number of hydrogen-bond donors (Lipinski definition) is 2. The minimum Gasteiger partial charge on any atom is -0.508 e. The smallest absolute Gasteiger partial charge is 0.156 e. The molecule has 4 aromatic carbocycles. The standard InChI is InChI=1S/C33H34O3/c1-21(2)25-15-17-27(29(34)19-25)31(23-11-7-5-8-12-23)33(36)32(24-13-9-6-10-14-24)28-18-16-26(22(3)4)20-30(28)35/h5-22,31-32,34-35H,1-4H3. The number of hydrogen-bond acceptors (Lipinski definition) is 3. The van der Waals surface area contributed by atoms with E-state index in [9.17, 15) is 15.0 Å². The molecule has 36 heavy (non-hydrogen) atoms. The lowest BCUT2D eigenvalue weighted by Crippen LogP contribution is -2.23. The summed E-state index contributed by atoms with van der Waals surface area (Å²) >= 11 is 0. The Labute approximate surface area is 214 Å². The molecule has 2 unspecified atom stereocenters. The molecule has 0 aliphatic heterocycles. The maximum absolute atomic E-state index is 14.6. The van der Waals surface area contributed by atoms with Crippen molar-refractivity contribution in [3.63, 3.8) is 0 Å². The lowest BCUT2D eigenvalue weighted by Gasteiger charge is -2.26. The molecule has 0 aromatic heterocycles. The van der Waals surface area contributed by atoms with Gasteiger partial charge in [-0.05, 0) is 46.2 Å². The number of Topliss-reactive ketones (excluding diaryl/α,β-unsaturated/α-hetero) is 1. The number of carbonyl (C=O) groups excluding carboxylic acids is 1. The molecule has 0 saturated heterocycles. The van der Waals surface area contributed by atoms with Crippen LogP contribution in [0.4, 0.5) is 0 Å². The fourth-order valence-electron chi connectivity index (χ4n) is 4.78. The molecule has 0 spiro atoms. The molecule has 2 N–H and O–H groups in total. The van der Waals surface area contributed by atoms with Crippen LogP contribution in [0, 0.1) is 0 Å². The molecule has 0 saturated carbocycles. The molecule has 0 amide bonds. The van der Waals surface area contributed by atoms with E-state index < -0.39 is 11.8 Å². The fourth-order valence-corrected chi connectivity index (χ4v) is 4.78. The second-order valence-corrected chi connectivity index (χ2v) is 10.0. The van der Waals surface area contributed by atoms with Gasteiger partial charge in [-0.25, -0.2) is 0 Å². The molecule has 0 aliphatic carbocycles. The first kappa shape index (κ1) is 25.2. The number of benzene rings is 4. The Hall–Kier alpha value is -3.85. The van der Waals surface area contributed by atoms with Crippen molar-refractivity contribution in [2.75, 3.05) is 0 Å². The third kappa shape index (κ3) is 5.21. The van der Waals surface area contributed by atoms with Crippen molar-refractivity contribution in [2.24, 2.45) is 0 Å². The second kappa shape index (κ2) is 10.8. The largest absolute Gasteiger partial charge is 0.508 e. The third-order valence-electron chi connectivity index (χ3n) is 6.90. The molecule has 0 fully saturated rings. The Morgan fingerprint density at radius 3 is 1.19 bits per heavy atom. The number of phenols is 2. The molecule has 3 nitrogen and oxygen atoms in total. The first-order valence-corrected chi connectivity index (χ1v) is 12.6. The fraction of sp³-hybridized carbons (Fsp3) is 0.242. The van der Waals surface area contributed by atoms with E-state index in [2.05, 4.69) is 27.7 Å². The molecule has 0 heterocycles. The summed E-state index contributed by atoms with van der Waals surface area (Å²) in [4.78, 5) is 14.6. The van der Waals surface area contributed by atoms with Gasteiger partial charge in [-0.2, -0.15) is 0 Å². The zero-order valence-corrected chi connectivity index (χ0v) is 21.3. The topological polar surface area (TPSA) is 57.5 Å². The Balaban J connectivity index is 1.90. The lowest BCUT2D eigenvalue weighted by molar-refractivity contribution is -0.120. The van der Waals surface area contributed by atoms with Gasteiger partial charge in [0.15, 0.2) is 5.78 Å². The number of ketones is 1. The first-order valence-electron chi connectivity index (χ1n) is 12.6. The van der Waals surface area contributed by atoms with Gasteiger partial charge in [0.1, 0.15) is 11.5 Å². The van der Waals surface area contributed by atoms with Crippen molar-refractivity contribution in [1.82, 2.24) is 0 Å². The van der Waals surface area contributed by atoms with E-state index in [-0.39, 0.29) is 29.1 Å². The van der Waals surface area contributed by atoms with Gasteiger partial charge < -0.3 is 10.2 Å². The van der Waals surface area contributed by atoms with Crippen LogP contribution in [-0.4, -0.2) is 16.0 Å². The summed E-state index contributed by atoms with van der Waals surface area (Å²) in [6.07, 6.45) is 0. The Morgan fingerprint density at radius 2 is 0.889 bits per heavy atom. The minimum atomic E-state index is -0.707. The molecule has 4 aromatic rings. The summed E-state index contributed by atoms with van der Waals surface area (Å²) in [5, 5.41) is 22.2. The predicted molar refractivity (Wildman–Crippen MR) is 146 cm³/mol. The summed E-state index contributed by atoms with van der Waals surface area (Å²) in [5.41, 5.74) is 4.75. The summed E-state index contributed by atoms with van der Waals surface area (Å²) < 4.78 is 0. The van der Waals surface area contributed by atoms with Gasteiger partial charge in [0.2, 0.25) is 0 Å². The van der Waals surface area contributed by atoms with Crippen LogP contribution in [0.15, 0.2) is 97.1 Å². The van der Waals surface area contributed by atoms with E-state index in [4.69, 9.17) is 0 Å². The van der Waals surface area contributed by atoms with Gasteiger partial charge >= 0.3 is 0 Å². The second-order valence-electron chi connectivity index (χ2n) is 10.0. The first-order chi connectivity index (χ1) is 17.3. The van der Waals surface area contributed by atoms with Crippen LogP contribution < -0.4 is 0 Å². The van der Waals surface area contributed by atoms with Crippen molar-refractivity contribution in [1.29, 1.82) is 0 Å². The van der Waals surface area contributed by atoms with E-state index >= 15 is 0 Å². The van der Waals surface area contributed by atoms with Crippen LogP contribution in [0.5, 0.6) is 11.5 Å². The van der Waals surface area contributed by atoms with E-state index in [1.54, 1.807) is 12.1 Å². The summed E-state index contributed by atoms with van der Waals surface area (Å²) in [5.74, 6) is -0.797. The third-order valence-corrected chi connectivity index (χ3v) is 6.90. The maximum Gasteiger partial charge on any atom is 0.156 e. The number of phenolic OH excluding ortho intramolecular Hbond substituents is 2. The van der Waals surface area contributed by atoms with E-state index in [0.717, 1.165) is 22.3 Å². The van der Waals surface area contributed by atoms with E-state index in [1.165, 1.54) is 0 Å². The Kier molecular flexibility index (Phi) is 7.59. The highest BCUT2D eigenvalue weighted by Gasteiger charge is 2.34. The molecule has 0 bridgehead atoms. The Bertz CT molecular complexity index is 1220. The molecule has 0 aliphatic rings. The molecule has 3 heteroatoms. The lowest BCUT2D eigenvalue weighted by atomic mass is 9.76. The van der Waals surface area contributed by atoms with Crippen LogP contribution in [0.1, 0.15) is 84.7 Å². The van der Waals surface area contributed by atoms with Gasteiger partial charge in [0.05, 0.1) is 11.8 Å². The molecule has 0 radical (unpaired) electrons. The van der Waals surface area contributed by atoms with Crippen LogP contribution >= 0.6 is 0 Å². The van der Waals surface area contributed by atoms with Gasteiger partial charge in [0, 0.05) is 11.1 Å². The van der Waals surface area contributed by atoms with Crippen molar-refractivity contribution in [2.45, 2.75) is 51.4 Å². The summed E-state index contributed by atoms with van der Waals surface area (Å²) in [6, 6.07) is 30.3. The van der Waals surface area contributed by atoms with Gasteiger partial charge in [-0.1, -0.05) is 113 Å². The molecule has 4 rings (SSSR count). The van der Waals surface area contributed by atoms with Crippen molar-refractivity contribution in [3.05, 3.63) is 130 Å². The zero-order chi connectivity index (χ0) is 25.8. The van der Waals surface area contributed by atoms with Crippen LogP contribution in [0.3, 0.4) is 0 Å². The molecule has 2 atom stereocenters. The minimum absolute atomic E-state index is 0.104. The molecule has 184 valence electrons. The Morgan fingerprint density at radius 1 is 0.528 bits per heavy atom. The van der Waals surface area contributed by atoms with E-state index in [1.807, 2.05) is 84.9 Å². The molecular formula is C33H34O3. The van der Waals surface area contributed by atoms with Crippen LogP contribution in [0.25, 0.3) is 0 Å². The highest BCUT2D eigenvalue weighted by molar-refractivity contribution is 5.98. The highest BCUT2D eigenvalue weighted by atomic mass is 16.3.